The van der Waals surface area contributed by atoms with E-state index in [1.54, 1.807) is 12.1 Å². The van der Waals surface area contributed by atoms with Gasteiger partial charge in [-0.2, -0.15) is 5.11 Å². The summed E-state index contributed by atoms with van der Waals surface area (Å²) in [5.74, 6) is 2.29. The highest BCUT2D eigenvalue weighted by molar-refractivity contribution is 5.55. The Labute approximate surface area is 163 Å². The fourth-order valence-electron chi connectivity index (χ4n) is 6.65. The zero-order chi connectivity index (χ0) is 18.9. The Kier molecular flexibility index (Phi) is 3.47. The zero-order valence-electron chi connectivity index (χ0n) is 15.6. The first-order valence-electron chi connectivity index (χ1n) is 10.2. The van der Waals surface area contributed by atoms with Crippen LogP contribution in [0.4, 0.5) is 11.4 Å². The van der Waals surface area contributed by atoms with E-state index in [1.165, 1.54) is 6.42 Å². The van der Waals surface area contributed by atoms with Crippen LogP contribution in [0.15, 0.2) is 46.8 Å². The predicted octanol–water partition coefficient (Wildman–Crippen LogP) is 3.02. The summed E-state index contributed by atoms with van der Waals surface area (Å²) in [4.78, 5) is 13.3. The number of morpholine rings is 1. The van der Waals surface area contributed by atoms with Crippen LogP contribution in [0.2, 0.25) is 0 Å². The Morgan fingerprint density at radius 1 is 1.18 bits per heavy atom. The number of allylic oxidation sites excluding steroid dienone is 2. The standard InChI is InChI=1S/C20H23N5O3/c26-25(27)14-6-4-13(5-7-14)24-20(23-8-10-28-11-9-23)18-12-17(19(20)21-22-24)15-2-1-3-16(15)18/h1,3-7,15-19H,2,8-12H2/t15-,16-,17+,18-,19-,20-/m0/s1. The van der Waals surface area contributed by atoms with Crippen molar-refractivity contribution in [1.29, 1.82) is 0 Å². The van der Waals surface area contributed by atoms with Crippen molar-refractivity contribution in [3.8, 4) is 0 Å². The van der Waals surface area contributed by atoms with Gasteiger partial charge in [0, 0.05) is 31.1 Å². The minimum absolute atomic E-state index is 0.101. The smallest absolute Gasteiger partial charge is 0.269 e. The van der Waals surface area contributed by atoms with Gasteiger partial charge >= 0.3 is 0 Å². The van der Waals surface area contributed by atoms with Crippen LogP contribution >= 0.6 is 0 Å². The molecule has 5 aliphatic rings. The molecule has 1 aromatic rings. The molecule has 8 nitrogen and oxygen atoms in total. The number of hydrogen-bond acceptors (Lipinski definition) is 7. The van der Waals surface area contributed by atoms with Crippen LogP contribution in [0.3, 0.4) is 0 Å². The highest BCUT2D eigenvalue weighted by Crippen LogP contribution is 2.66. The lowest BCUT2D eigenvalue weighted by Crippen LogP contribution is -2.69. The monoisotopic (exact) mass is 381 g/mol. The summed E-state index contributed by atoms with van der Waals surface area (Å²) in [5.41, 5.74) is 0.707. The maximum Gasteiger partial charge on any atom is 0.269 e. The maximum atomic E-state index is 11.1. The molecule has 1 saturated heterocycles. The number of rotatable bonds is 3. The van der Waals surface area contributed by atoms with Crippen LogP contribution in [0.5, 0.6) is 0 Å². The van der Waals surface area contributed by atoms with Crippen LogP contribution < -0.4 is 5.01 Å². The van der Waals surface area contributed by atoms with Crippen molar-refractivity contribution in [2.24, 2.45) is 34.0 Å². The molecule has 0 radical (unpaired) electrons. The molecular weight excluding hydrogens is 358 g/mol. The molecule has 2 saturated carbocycles. The van der Waals surface area contributed by atoms with Crippen LogP contribution in [-0.4, -0.2) is 47.8 Å². The minimum atomic E-state index is -0.360. The van der Waals surface area contributed by atoms with E-state index in [-0.39, 0.29) is 22.3 Å². The molecule has 0 unspecified atom stereocenters. The molecular formula is C20H23N5O3. The number of anilines is 1. The third-order valence-corrected chi connectivity index (χ3v) is 7.62. The van der Waals surface area contributed by atoms with Gasteiger partial charge in [0.25, 0.3) is 5.69 Å². The van der Waals surface area contributed by atoms with Gasteiger partial charge in [0.1, 0.15) is 11.7 Å². The Bertz CT molecular complexity index is 865. The molecule has 2 aliphatic heterocycles. The molecule has 28 heavy (non-hydrogen) atoms. The Morgan fingerprint density at radius 2 is 1.96 bits per heavy atom. The summed E-state index contributed by atoms with van der Waals surface area (Å²) < 4.78 is 5.64. The molecule has 146 valence electrons. The number of hydrogen-bond donors (Lipinski definition) is 0. The van der Waals surface area contributed by atoms with Gasteiger partial charge in [0.15, 0.2) is 0 Å². The average Bonchev–Trinajstić information content (AvgIpc) is 3.46. The topological polar surface area (TPSA) is 83.6 Å². The summed E-state index contributed by atoms with van der Waals surface area (Å²) in [6.45, 7) is 3.19. The molecule has 6 rings (SSSR count). The second-order valence-corrected chi connectivity index (χ2v) is 8.53. The first-order chi connectivity index (χ1) is 13.7. The van der Waals surface area contributed by atoms with Crippen LogP contribution in [0.25, 0.3) is 0 Å². The number of non-ortho nitro benzene ring substituents is 1. The number of ether oxygens (including phenoxy) is 1. The van der Waals surface area contributed by atoms with Gasteiger partial charge in [-0.3, -0.25) is 15.0 Å². The van der Waals surface area contributed by atoms with Gasteiger partial charge in [0.2, 0.25) is 0 Å². The zero-order valence-corrected chi connectivity index (χ0v) is 15.6. The third kappa shape index (κ3) is 1.97. The molecule has 1 aromatic carbocycles. The summed E-state index contributed by atoms with van der Waals surface area (Å²) >= 11 is 0. The number of benzene rings is 1. The lowest BCUT2D eigenvalue weighted by Gasteiger charge is -2.53. The quantitative estimate of drug-likeness (QED) is 0.457. The van der Waals surface area contributed by atoms with E-state index in [4.69, 9.17) is 9.85 Å². The molecule has 0 amide bonds. The molecule has 0 spiro atoms. The SMILES string of the molecule is O=[N+]([O-])c1ccc(N2N=N[C@H]3[C@@H]4C[C@@H]([C@H]5C=CC[C@@H]54)[C@@]32N2CCOCC2)cc1. The van der Waals surface area contributed by atoms with E-state index >= 15 is 0 Å². The van der Waals surface area contributed by atoms with E-state index in [0.717, 1.165) is 38.4 Å². The van der Waals surface area contributed by atoms with Crippen molar-refractivity contribution in [3.63, 3.8) is 0 Å². The molecule has 0 N–H and O–H groups in total. The molecule has 3 fully saturated rings. The maximum absolute atomic E-state index is 11.1. The molecule has 0 aromatic heterocycles. The average molecular weight is 381 g/mol. The van der Waals surface area contributed by atoms with Crippen molar-refractivity contribution >= 4 is 11.4 Å². The fraction of sp³-hybridized carbons (Fsp3) is 0.600. The number of nitrogens with zero attached hydrogens (tertiary/aromatic N) is 5. The fourth-order valence-corrected chi connectivity index (χ4v) is 6.65. The molecule has 3 aliphatic carbocycles. The lowest BCUT2D eigenvalue weighted by atomic mass is 9.71. The Morgan fingerprint density at radius 3 is 2.71 bits per heavy atom. The van der Waals surface area contributed by atoms with Crippen molar-refractivity contribution in [2.75, 3.05) is 31.3 Å². The largest absolute Gasteiger partial charge is 0.379 e. The second-order valence-electron chi connectivity index (χ2n) is 8.53. The van der Waals surface area contributed by atoms with E-state index in [2.05, 4.69) is 27.3 Å². The highest BCUT2D eigenvalue weighted by atomic mass is 16.6. The van der Waals surface area contributed by atoms with Crippen molar-refractivity contribution in [1.82, 2.24) is 4.90 Å². The Balaban J connectivity index is 1.45. The summed E-state index contributed by atoms with van der Waals surface area (Å²) in [6, 6.07) is 6.92. The number of nitro benzene ring substituents is 1. The van der Waals surface area contributed by atoms with Crippen LogP contribution in [-0.2, 0) is 4.74 Å². The number of fused-ring (bicyclic) bond motifs is 8. The van der Waals surface area contributed by atoms with Gasteiger partial charge < -0.3 is 4.74 Å². The van der Waals surface area contributed by atoms with Crippen molar-refractivity contribution in [2.45, 2.75) is 24.5 Å². The second kappa shape index (κ2) is 5.84. The molecule has 2 heterocycles. The molecule has 6 atom stereocenters. The molecule has 2 bridgehead atoms. The van der Waals surface area contributed by atoms with Gasteiger partial charge in [-0.25, -0.2) is 5.01 Å². The Hall–Kier alpha value is -2.32. The summed E-state index contributed by atoms with van der Waals surface area (Å²) in [7, 11) is 0. The van der Waals surface area contributed by atoms with E-state index in [1.807, 2.05) is 12.1 Å². The highest BCUT2D eigenvalue weighted by Gasteiger charge is 2.72. The van der Waals surface area contributed by atoms with Gasteiger partial charge in [-0.1, -0.05) is 17.4 Å². The van der Waals surface area contributed by atoms with Crippen molar-refractivity contribution in [3.05, 3.63) is 46.5 Å². The third-order valence-electron chi connectivity index (χ3n) is 7.62. The van der Waals surface area contributed by atoms with Gasteiger partial charge in [0.05, 0.1) is 23.8 Å². The number of nitro groups is 1. The van der Waals surface area contributed by atoms with E-state index < -0.39 is 0 Å². The first kappa shape index (κ1) is 16.6. The summed E-state index contributed by atoms with van der Waals surface area (Å²) in [5, 5.41) is 22.6. The predicted molar refractivity (Wildman–Crippen MR) is 102 cm³/mol. The van der Waals surface area contributed by atoms with Crippen LogP contribution in [0.1, 0.15) is 12.8 Å². The normalized spacial score (nSPS) is 40.9. The van der Waals surface area contributed by atoms with E-state index in [9.17, 15) is 10.1 Å². The lowest BCUT2D eigenvalue weighted by molar-refractivity contribution is -0.384. The van der Waals surface area contributed by atoms with Gasteiger partial charge in [-0.15, -0.1) is 0 Å². The summed E-state index contributed by atoms with van der Waals surface area (Å²) in [6.07, 6.45) is 7.11. The van der Waals surface area contributed by atoms with Gasteiger partial charge in [-0.05, 0) is 42.7 Å². The van der Waals surface area contributed by atoms with E-state index in [0.29, 0.717) is 23.7 Å². The van der Waals surface area contributed by atoms with Crippen LogP contribution in [0, 0.1) is 33.8 Å². The first-order valence-corrected chi connectivity index (χ1v) is 10.2. The van der Waals surface area contributed by atoms with Crippen molar-refractivity contribution < 1.29 is 9.66 Å². The molecule has 8 heteroatoms. The minimum Gasteiger partial charge on any atom is -0.379 e.